The van der Waals surface area contributed by atoms with Crippen molar-refractivity contribution in [1.82, 2.24) is 0 Å². The summed E-state index contributed by atoms with van der Waals surface area (Å²) < 4.78 is 5.69. The van der Waals surface area contributed by atoms with Gasteiger partial charge in [-0.15, -0.1) is 6.58 Å². The monoisotopic (exact) mass is 252 g/mol. The van der Waals surface area contributed by atoms with E-state index < -0.39 is 11.3 Å². The van der Waals surface area contributed by atoms with Crippen LogP contribution in [-0.4, -0.2) is 11.3 Å². The molecule has 0 fully saturated rings. The summed E-state index contributed by atoms with van der Waals surface area (Å²) in [6.45, 7) is 7.51. The van der Waals surface area contributed by atoms with Crippen molar-refractivity contribution in [1.29, 1.82) is 0 Å². The third kappa shape index (κ3) is 3.90. The van der Waals surface area contributed by atoms with Gasteiger partial charge in [-0.05, 0) is 35.6 Å². The normalized spacial score (nSPS) is 12.2. The molecule has 1 aromatic rings. The van der Waals surface area contributed by atoms with Gasteiger partial charge in [0.05, 0.1) is 0 Å². The van der Waals surface area contributed by atoms with Gasteiger partial charge in [-0.3, -0.25) is 4.79 Å². The van der Waals surface area contributed by atoms with Crippen LogP contribution in [0, 0.1) is 5.92 Å². The minimum Gasteiger partial charge on any atom is -0.481 e. The summed E-state index contributed by atoms with van der Waals surface area (Å²) in [5, 5.41) is -0.464. The van der Waals surface area contributed by atoms with Crippen LogP contribution in [0.4, 0.5) is 0 Å². The van der Waals surface area contributed by atoms with Gasteiger partial charge in [0.15, 0.2) is 6.10 Å². The Labute approximate surface area is 107 Å². The predicted octanol–water partition coefficient (Wildman–Crippen LogP) is 3.58. The molecule has 0 aromatic heterocycles. The van der Waals surface area contributed by atoms with E-state index in [2.05, 4.69) is 6.58 Å². The Hall–Kier alpha value is -1.28. The maximum atomic E-state index is 11.3. The molecular weight excluding hydrogens is 236 g/mol. The van der Waals surface area contributed by atoms with E-state index in [-0.39, 0.29) is 5.92 Å². The van der Waals surface area contributed by atoms with Crippen molar-refractivity contribution in [2.75, 3.05) is 0 Å². The van der Waals surface area contributed by atoms with E-state index in [1.807, 2.05) is 38.1 Å². The number of allylic oxidation sites excluding steroid dienone is 1. The number of hydrogen-bond acceptors (Lipinski definition) is 2. The molecule has 1 atom stereocenters. The molecule has 0 saturated heterocycles. The first-order chi connectivity index (χ1) is 8.06. The fourth-order valence-electron chi connectivity index (χ4n) is 1.52. The van der Waals surface area contributed by atoms with Crippen LogP contribution >= 0.6 is 11.6 Å². The minimum absolute atomic E-state index is 0.0387. The van der Waals surface area contributed by atoms with Crippen LogP contribution in [0.2, 0.25) is 0 Å². The Morgan fingerprint density at radius 3 is 2.65 bits per heavy atom. The first-order valence-electron chi connectivity index (χ1n) is 5.61. The summed E-state index contributed by atoms with van der Waals surface area (Å²) in [5.74, 6) is 0.733. The fourth-order valence-corrected chi connectivity index (χ4v) is 1.82. The van der Waals surface area contributed by atoms with Gasteiger partial charge in [-0.2, -0.15) is 0 Å². The Kier molecular flexibility index (Phi) is 5.23. The van der Waals surface area contributed by atoms with Gasteiger partial charge in [-0.25, -0.2) is 0 Å². The minimum atomic E-state index is -0.609. The van der Waals surface area contributed by atoms with Crippen LogP contribution in [-0.2, 0) is 11.2 Å². The van der Waals surface area contributed by atoms with Gasteiger partial charge < -0.3 is 4.74 Å². The molecule has 0 aliphatic carbocycles. The summed E-state index contributed by atoms with van der Waals surface area (Å²) in [7, 11) is 0. The average molecular weight is 253 g/mol. The highest BCUT2D eigenvalue weighted by molar-refractivity contribution is 6.64. The van der Waals surface area contributed by atoms with E-state index in [1.54, 1.807) is 6.08 Å². The zero-order chi connectivity index (χ0) is 12.8. The van der Waals surface area contributed by atoms with Crippen molar-refractivity contribution in [3.63, 3.8) is 0 Å². The smallest absolute Gasteiger partial charge is 0.262 e. The summed E-state index contributed by atoms with van der Waals surface area (Å²) >= 11 is 5.53. The molecule has 1 rings (SSSR count). The lowest BCUT2D eigenvalue weighted by Crippen LogP contribution is -2.29. The average Bonchev–Trinajstić information content (AvgIpc) is 2.27. The Morgan fingerprint density at radius 2 is 2.12 bits per heavy atom. The lowest BCUT2D eigenvalue weighted by Gasteiger charge is -2.20. The second-order valence-corrected chi connectivity index (χ2v) is 4.56. The molecule has 0 amide bonds. The van der Waals surface area contributed by atoms with E-state index in [9.17, 15) is 4.79 Å². The van der Waals surface area contributed by atoms with Crippen LogP contribution in [0.25, 0.3) is 0 Å². The molecule has 0 bridgehead atoms. The van der Waals surface area contributed by atoms with Crippen molar-refractivity contribution in [2.45, 2.75) is 26.4 Å². The molecule has 0 aliphatic heterocycles. The molecule has 1 aromatic carbocycles. The van der Waals surface area contributed by atoms with Crippen molar-refractivity contribution < 1.29 is 9.53 Å². The summed E-state index contributed by atoms with van der Waals surface area (Å²) in [6, 6.07) is 7.59. The molecule has 1 unspecified atom stereocenters. The lowest BCUT2D eigenvalue weighted by atomic mass is 10.1. The molecule has 17 heavy (non-hydrogen) atoms. The van der Waals surface area contributed by atoms with Gasteiger partial charge in [0, 0.05) is 0 Å². The quantitative estimate of drug-likeness (QED) is 0.571. The van der Waals surface area contributed by atoms with Crippen molar-refractivity contribution in [3.05, 3.63) is 42.5 Å². The van der Waals surface area contributed by atoms with Crippen LogP contribution in [0.15, 0.2) is 36.9 Å². The van der Waals surface area contributed by atoms with Gasteiger partial charge >= 0.3 is 0 Å². The highest BCUT2D eigenvalue weighted by Crippen LogP contribution is 2.23. The predicted molar refractivity (Wildman–Crippen MR) is 70.5 cm³/mol. The van der Waals surface area contributed by atoms with Crippen LogP contribution in [0.5, 0.6) is 5.75 Å². The van der Waals surface area contributed by atoms with Crippen molar-refractivity contribution >= 4 is 16.8 Å². The van der Waals surface area contributed by atoms with Crippen molar-refractivity contribution in [3.8, 4) is 5.75 Å². The number of hydrogen-bond donors (Lipinski definition) is 0. The van der Waals surface area contributed by atoms with Gasteiger partial charge in [0.1, 0.15) is 5.75 Å². The van der Waals surface area contributed by atoms with Crippen LogP contribution in [0.3, 0.4) is 0 Å². The number of ether oxygens (including phenoxy) is 1. The molecule has 0 N–H and O–H groups in total. The van der Waals surface area contributed by atoms with Gasteiger partial charge in [0.25, 0.3) is 5.24 Å². The number of benzene rings is 1. The summed E-state index contributed by atoms with van der Waals surface area (Å²) in [4.78, 5) is 11.3. The van der Waals surface area contributed by atoms with Crippen LogP contribution in [0.1, 0.15) is 19.4 Å². The van der Waals surface area contributed by atoms with Crippen LogP contribution < -0.4 is 4.74 Å². The second kappa shape index (κ2) is 6.45. The molecule has 0 aliphatic rings. The second-order valence-electron chi connectivity index (χ2n) is 4.19. The molecule has 3 heteroatoms. The number of rotatable bonds is 6. The van der Waals surface area contributed by atoms with Gasteiger partial charge in [0.2, 0.25) is 0 Å². The number of carbonyl (C=O) groups excluding carboxylic acids is 1. The molecular formula is C14H17ClO2. The Morgan fingerprint density at radius 1 is 1.47 bits per heavy atom. The molecule has 0 heterocycles. The molecule has 0 saturated carbocycles. The summed E-state index contributed by atoms with van der Waals surface area (Å²) in [6.07, 6.45) is 1.90. The highest BCUT2D eigenvalue weighted by Gasteiger charge is 2.23. The first-order valence-corrected chi connectivity index (χ1v) is 5.99. The number of carbonyl (C=O) groups is 1. The topological polar surface area (TPSA) is 26.3 Å². The third-order valence-corrected chi connectivity index (χ3v) is 2.64. The zero-order valence-corrected chi connectivity index (χ0v) is 10.9. The van der Waals surface area contributed by atoms with E-state index in [0.717, 1.165) is 5.56 Å². The van der Waals surface area contributed by atoms with Gasteiger partial charge in [-0.1, -0.05) is 38.1 Å². The zero-order valence-electron chi connectivity index (χ0n) is 10.2. The third-order valence-electron chi connectivity index (χ3n) is 2.42. The maximum Gasteiger partial charge on any atom is 0.262 e. The van der Waals surface area contributed by atoms with E-state index in [0.29, 0.717) is 12.2 Å². The molecule has 0 radical (unpaired) electrons. The maximum absolute atomic E-state index is 11.3. The van der Waals surface area contributed by atoms with E-state index >= 15 is 0 Å². The summed E-state index contributed by atoms with van der Waals surface area (Å²) in [5.41, 5.74) is 1.01. The molecule has 2 nitrogen and oxygen atoms in total. The molecule has 0 spiro atoms. The number of halogens is 1. The number of para-hydroxylation sites is 1. The standard InChI is InChI=1S/C14H17ClO2/c1-4-7-11-8-5-6-9-12(11)17-13(10(2)3)14(15)16/h4-6,8-10,13H,1,7H2,2-3H3. The first kappa shape index (κ1) is 13.8. The van der Waals surface area contributed by atoms with Crippen molar-refractivity contribution in [2.24, 2.45) is 5.92 Å². The van der Waals surface area contributed by atoms with E-state index in [4.69, 9.17) is 16.3 Å². The largest absolute Gasteiger partial charge is 0.481 e. The fraction of sp³-hybridized carbons (Fsp3) is 0.357. The lowest BCUT2D eigenvalue weighted by molar-refractivity contribution is -0.119. The SMILES string of the molecule is C=CCc1ccccc1OC(C(=O)Cl)C(C)C. The molecule has 92 valence electrons. The Bertz CT molecular complexity index is 399. The highest BCUT2D eigenvalue weighted by atomic mass is 35.5. The Balaban J connectivity index is 2.92. The van der Waals surface area contributed by atoms with E-state index in [1.165, 1.54) is 0 Å².